The Labute approximate surface area is 168 Å². The van der Waals surface area contributed by atoms with Gasteiger partial charge >= 0.3 is 0 Å². The number of hydrogen-bond acceptors (Lipinski definition) is 4. The van der Waals surface area contributed by atoms with Gasteiger partial charge in [-0.3, -0.25) is 14.7 Å². The molecule has 0 bridgehead atoms. The first-order valence-corrected chi connectivity index (χ1v) is 9.75. The molecule has 0 atom stereocenters. The fourth-order valence-corrected chi connectivity index (χ4v) is 3.04. The molecule has 1 N–H and O–H groups in total. The molecule has 2 aromatic rings. The Morgan fingerprint density at radius 3 is 2.46 bits per heavy atom. The van der Waals surface area contributed by atoms with Gasteiger partial charge in [-0.05, 0) is 70.0 Å². The zero-order valence-electron chi connectivity index (χ0n) is 17.5. The van der Waals surface area contributed by atoms with Gasteiger partial charge in [-0.25, -0.2) is 0 Å². The molecule has 5 heteroatoms. The third kappa shape index (κ3) is 6.82. The predicted octanol–water partition coefficient (Wildman–Crippen LogP) is 4.54. The normalized spacial score (nSPS) is 11.6. The first kappa shape index (κ1) is 21.6. The van der Waals surface area contributed by atoms with Crippen LogP contribution in [0.5, 0.6) is 5.75 Å². The van der Waals surface area contributed by atoms with Crippen LogP contribution >= 0.6 is 0 Å². The third-order valence-electron chi connectivity index (χ3n) is 4.52. The molecule has 0 radical (unpaired) electrons. The number of anilines is 1. The van der Waals surface area contributed by atoms with E-state index in [9.17, 15) is 4.79 Å². The second-order valence-electron chi connectivity index (χ2n) is 7.36. The summed E-state index contributed by atoms with van der Waals surface area (Å²) >= 11 is 0. The topological polar surface area (TPSA) is 54.5 Å². The second kappa shape index (κ2) is 10.6. The van der Waals surface area contributed by atoms with Crippen molar-refractivity contribution in [3.8, 4) is 5.75 Å². The summed E-state index contributed by atoms with van der Waals surface area (Å²) in [7, 11) is 0. The zero-order chi connectivity index (χ0) is 20.5. The summed E-state index contributed by atoms with van der Waals surface area (Å²) in [4.78, 5) is 18.5. The maximum Gasteiger partial charge on any atom is 0.248 e. The van der Waals surface area contributed by atoms with E-state index in [1.54, 1.807) is 18.5 Å². The van der Waals surface area contributed by atoms with E-state index in [0.717, 1.165) is 29.1 Å². The molecule has 1 aromatic carbocycles. The molecule has 0 saturated carbocycles. The van der Waals surface area contributed by atoms with Crippen LogP contribution in [-0.4, -0.2) is 41.0 Å². The Morgan fingerprint density at radius 1 is 1.14 bits per heavy atom. The summed E-state index contributed by atoms with van der Waals surface area (Å²) in [5, 5.41) is 2.88. The number of rotatable bonds is 9. The summed E-state index contributed by atoms with van der Waals surface area (Å²) in [5.41, 5.74) is 2.69. The van der Waals surface area contributed by atoms with E-state index in [1.165, 1.54) is 6.08 Å². The number of ether oxygens (including phenoxy) is 1. The van der Waals surface area contributed by atoms with Gasteiger partial charge in [0.15, 0.2) is 0 Å². The van der Waals surface area contributed by atoms with Crippen molar-refractivity contribution in [1.82, 2.24) is 9.88 Å². The van der Waals surface area contributed by atoms with E-state index in [0.29, 0.717) is 18.7 Å². The lowest BCUT2D eigenvalue weighted by Crippen LogP contribution is -2.39. The van der Waals surface area contributed by atoms with Crippen molar-refractivity contribution in [2.45, 2.75) is 46.7 Å². The molecule has 1 heterocycles. The van der Waals surface area contributed by atoms with Crippen LogP contribution in [0.4, 0.5) is 5.69 Å². The van der Waals surface area contributed by atoms with Crippen LogP contribution in [0.15, 0.2) is 48.8 Å². The van der Waals surface area contributed by atoms with Gasteiger partial charge in [0.2, 0.25) is 5.91 Å². The molecule has 1 aromatic heterocycles. The van der Waals surface area contributed by atoms with Crippen LogP contribution in [0.1, 0.15) is 38.8 Å². The number of carbonyl (C=O) groups is 1. The average Bonchev–Trinajstić information content (AvgIpc) is 2.66. The summed E-state index contributed by atoms with van der Waals surface area (Å²) in [5.74, 6) is 0.612. The Bertz CT molecular complexity index is 778. The van der Waals surface area contributed by atoms with Crippen LogP contribution in [0.2, 0.25) is 0 Å². The number of carbonyl (C=O) groups excluding carboxylic acids is 1. The van der Waals surface area contributed by atoms with Crippen molar-refractivity contribution in [3.63, 3.8) is 0 Å². The highest BCUT2D eigenvalue weighted by Crippen LogP contribution is 2.23. The van der Waals surface area contributed by atoms with Crippen LogP contribution in [0.3, 0.4) is 0 Å². The van der Waals surface area contributed by atoms with Crippen molar-refractivity contribution in [2.24, 2.45) is 0 Å². The van der Waals surface area contributed by atoms with E-state index < -0.39 is 0 Å². The predicted molar refractivity (Wildman–Crippen MR) is 116 cm³/mol. The summed E-state index contributed by atoms with van der Waals surface area (Å²) in [6, 6.07) is 10.4. The lowest BCUT2D eigenvalue weighted by atomic mass is 10.2. The Balaban J connectivity index is 1.95. The van der Waals surface area contributed by atoms with Crippen molar-refractivity contribution >= 4 is 17.7 Å². The molecule has 2 rings (SSSR count). The summed E-state index contributed by atoms with van der Waals surface area (Å²) < 4.78 is 6.00. The highest BCUT2D eigenvalue weighted by molar-refractivity contribution is 6.02. The maximum absolute atomic E-state index is 12.2. The SMILES string of the molecule is Cc1ccc(NC(=O)C=Cc2ccncc2)cc1OCCN(C(C)C)C(C)C. The fraction of sp³-hybridized carbons (Fsp3) is 0.391. The van der Waals surface area contributed by atoms with Gasteiger partial charge in [0.05, 0.1) is 0 Å². The minimum Gasteiger partial charge on any atom is -0.492 e. The molecular formula is C23H31N3O2. The van der Waals surface area contributed by atoms with E-state index in [2.05, 4.69) is 42.9 Å². The number of nitrogens with zero attached hydrogens (tertiary/aromatic N) is 2. The number of aryl methyl sites for hydroxylation is 1. The van der Waals surface area contributed by atoms with Gasteiger partial charge < -0.3 is 10.1 Å². The molecule has 1 amide bonds. The number of aromatic nitrogens is 1. The standard InChI is InChI=1S/C23H31N3O2/c1-17(2)26(18(3)4)14-15-28-22-16-21(8-6-19(22)5)25-23(27)9-7-20-10-12-24-13-11-20/h6-13,16-18H,14-15H2,1-5H3,(H,25,27). The molecule has 5 nitrogen and oxygen atoms in total. The number of nitrogens with one attached hydrogen (secondary N) is 1. The van der Waals surface area contributed by atoms with Gasteiger partial charge in [-0.1, -0.05) is 6.07 Å². The maximum atomic E-state index is 12.2. The van der Waals surface area contributed by atoms with Gasteiger partial charge in [0.25, 0.3) is 0 Å². The van der Waals surface area contributed by atoms with E-state index in [4.69, 9.17) is 4.74 Å². The zero-order valence-corrected chi connectivity index (χ0v) is 17.5. The van der Waals surface area contributed by atoms with Crippen LogP contribution in [0.25, 0.3) is 6.08 Å². The quantitative estimate of drug-likeness (QED) is 0.648. The summed E-state index contributed by atoms with van der Waals surface area (Å²) in [6.45, 7) is 12.3. The number of benzene rings is 1. The minimum absolute atomic E-state index is 0.183. The van der Waals surface area contributed by atoms with Gasteiger partial charge in [0.1, 0.15) is 12.4 Å². The lowest BCUT2D eigenvalue weighted by molar-refractivity contribution is -0.111. The van der Waals surface area contributed by atoms with Crippen molar-refractivity contribution < 1.29 is 9.53 Å². The van der Waals surface area contributed by atoms with Gasteiger partial charge in [-0.2, -0.15) is 0 Å². The highest BCUT2D eigenvalue weighted by Gasteiger charge is 2.13. The Hall–Kier alpha value is -2.66. The summed E-state index contributed by atoms with van der Waals surface area (Å²) in [6.07, 6.45) is 6.66. The van der Waals surface area contributed by atoms with E-state index in [-0.39, 0.29) is 5.91 Å². The third-order valence-corrected chi connectivity index (χ3v) is 4.52. The van der Waals surface area contributed by atoms with Crippen LogP contribution in [-0.2, 0) is 4.79 Å². The number of hydrogen-bond donors (Lipinski definition) is 1. The molecule has 0 fully saturated rings. The van der Waals surface area contributed by atoms with Crippen LogP contribution in [0, 0.1) is 6.92 Å². The van der Waals surface area contributed by atoms with Gasteiger partial charge in [-0.15, -0.1) is 0 Å². The van der Waals surface area contributed by atoms with Crippen molar-refractivity contribution in [1.29, 1.82) is 0 Å². The molecule has 0 spiro atoms. The lowest BCUT2D eigenvalue weighted by Gasteiger charge is -2.30. The Kier molecular flexibility index (Phi) is 8.20. The minimum atomic E-state index is -0.183. The first-order valence-electron chi connectivity index (χ1n) is 9.75. The Morgan fingerprint density at radius 2 is 1.82 bits per heavy atom. The van der Waals surface area contributed by atoms with Crippen molar-refractivity contribution in [3.05, 3.63) is 59.9 Å². The number of amides is 1. The molecule has 0 aliphatic heterocycles. The molecule has 0 aliphatic carbocycles. The first-order chi connectivity index (χ1) is 13.4. The monoisotopic (exact) mass is 381 g/mol. The fourth-order valence-electron chi connectivity index (χ4n) is 3.04. The van der Waals surface area contributed by atoms with Crippen LogP contribution < -0.4 is 10.1 Å². The van der Waals surface area contributed by atoms with E-state index >= 15 is 0 Å². The smallest absolute Gasteiger partial charge is 0.248 e. The molecule has 0 unspecified atom stereocenters. The largest absolute Gasteiger partial charge is 0.492 e. The molecule has 150 valence electrons. The second-order valence-corrected chi connectivity index (χ2v) is 7.36. The number of pyridine rings is 1. The molecule has 0 aliphatic rings. The molecular weight excluding hydrogens is 350 g/mol. The van der Waals surface area contributed by atoms with Crippen molar-refractivity contribution in [2.75, 3.05) is 18.5 Å². The van der Waals surface area contributed by atoms with Gasteiger partial charge in [0, 0.05) is 48.9 Å². The molecule has 28 heavy (non-hydrogen) atoms. The average molecular weight is 382 g/mol. The highest BCUT2D eigenvalue weighted by atomic mass is 16.5. The van der Waals surface area contributed by atoms with E-state index in [1.807, 2.05) is 37.3 Å². The molecule has 0 saturated heterocycles.